The van der Waals surface area contributed by atoms with Gasteiger partial charge >= 0.3 is 0 Å². The summed E-state index contributed by atoms with van der Waals surface area (Å²) in [6, 6.07) is 10.7. The third kappa shape index (κ3) is 2.06. The number of aryl methyl sites for hydroxylation is 1. The monoisotopic (exact) mass is 349 g/mol. The first kappa shape index (κ1) is 15.6. The number of anilines is 1. The van der Waals surface area contributed by atoms with Crippen LogP contribution in [0.2, 0.25) is 0 Å². The lowest BCUT2D eigenvalue weighted by atomic mass is 9.80. The molecule has 0 N–H and O–H groups in total. The number of nitrogens with zero attached hydrogens (tertiary/aromatic N) is 3. The maximum absolute atomic E-state index is 14.7. The summed E-state index contributed by atoms with van der Waals surface area (Å²) in [5, 5.41) is 0. The van der Waals surface area contributed by atoms with Crippen molar-refractivity contribution >= 4 is 22.6 Å². The second kappa shape index (κ2) is 5.40. The zero-order valence-electron chi connectivity index (χ0n) is 14.7. The number of hydrogen-bond donors (Lipinski definition) is 0. The van der Waals surface area contributed by atoms with Gasteiger partial charge in [0.2, 0.25) is 0 Å². The summed E-state index contributed by atoms with van der Waals surface area (Å²) in [6.45, 7) is 0.572. The molecular weight excluding hydrogens is 329 g/mol. The van der Waals surface area contributed by atoms with Crippen molar-refractivity contribution in [3.05, 3.63) is 59.7 Å². The summed E-state index contributed by atoms with van der Waals surface area (Å²) in [5.74, 6) is -0.256. The molecule has 1 amide bonds. The normalized spacial score (nSPS) is 18.0. The lowest BCUT2D eigenvalue weighted by Crippen LogP contribution is -2.35. The highest BCUT2D eigenvalue weighted by atomic mass is 19.1. The number of benzene rings is 2. The summed E-state index contributed by atoms with van der Waals surface area (Å²) >= 11 is 0. The fourth-order valence-corrected chi connectivity index (χ4v) is 4.80. The molecule has 0 atom stereocenters. The number of fused-ring (bicyclic) bond motifs is 3. The molecule has 1 fully saturated rings. The maximum atomic E-state index is 14.7. The van der Waals surface area contributed by atoms with E-state index in [4.69, 9.17) is 0 Å². The van der Waals surface area contributed by atoms with Gasteiger partial charge in [-0.15, -0.1) is 0 Å². The van der Waals surface area contributed by atoms with Crippen molar-refractivity contribution in [2.75, 3.05) is 11.4 Å². The molecule has 0 bridgehead atoms. The minimum Gasteiger partial charge on any atom is -0.334 e. The van der Waals surface area contributed by atoms with E-state index in [2.05, 4.69) is 4.98 Å². The number of aromatic nitrogens is 2. The van der Waals surface area contributed by atoms with E-state index in [-0.39, 0.29) is 17.1 Å². The Bertz CT molecular complexity index is 1030. The lowest BCUT2D eigenvalue weighted by Gasteiger charge is -2.25. The van der Waals surface area contributed by atoms with E-state index in [1.54, 1.807) is 17.3 Å². The third-order valence-corrected chi connectivity index (χ3v) is 6.05. The van der Waals surface area contributed by atoms with E-state index < -0.39 is 0 Å². The van der Waals surface area contributed by atoms with Gasteiger partial charge in [-0.2, -0.15) is 0 Å². The van der Waals surface area contributed by atoms with Crippen molar-refractivity contribution in [3.63, 3.8) is 0 Å². The quantitative estimate of drug-likeness (QED) is 0.661. The van der Waals surface area contributed by atoms with Crippen LogP contribution in [0.1, 0.15) is 41.6 Å². The van der Waals surface area contributed by atoms with E-state index in [1.165, 1.54) is 6.07 Å². The van der Waals surface area contributed by atoms with E-state index in [0.29, 0.717) is 12.1 Å². The molecule has 1 aliphatic carbocycles. The molecule has 0 radical (unpaired) electrons. The second-order valence-electron chi connectivity index (χ2n) is 7.57. The Balaban J connectivity index is 1.59. The van der Waals surface area contributed by atoms with Crippen LogP contribution in [0.4, 0.5) is 10.1 Å². The lowest BCUT2D eigenvalue weighted by molar-refractivity contribution is 0.0985. The molecule has 1 aromatic heterocycles. The minimum atomic E-state index is -0.217. The molecule has 1 spiro atoms. The van der Waals surface area contributed by atoms with Gasteiger partial charge in [0, 0.05) is 30.1 Å². The Morgan fingerprint density at radius 2 is 2.00 bits per heavy atom. The Kier molecular flexibility index (Phi) is 3.23. The predicted molar refractivity (Wildman–Crippen MR) is 98.9 cm³/mol. The first-order valence-electron chi connectivity index (χ1n) is 9.11. The number of carbonyl (C=O) groups excluding carboxylic acids is 1. The van der Waals surface area contributed by atoms with Gasteiger partial charge in [-0.25, -0.2) is 9.37 Å². The zero-order chi connectivity index (χ0) is 17.9. The molecule has 132 valence electrons. The van der Waals surface area contributed by atoms with E-state index in [9.17, 15) is 9.18 Å². The van der Waals surface area contributed by atoms with Gasteiger partial charge in [0.05, 0.1) is 23.0 Å². The number of halogens is 1. The molecule has 2 aromatic carbocycles. The molecule has 5 rings (SSSR count). The third-order valence-electron chi connectivity index (χ3n) is 6.05. The number of amides is 1. The maximum Gasteiger partial charge on any atom is 0.258 e. The van der Waals surface area contributed by atoms with Crippen molar-refractivity contribution in [2.24, 2.45) is 7.05 Å². The average Bonchev–Trinajstić information content (AvgIpc) is 3.34. The number of imidazole rings is 1. The van der Waals surface area contributed by atoms with Crippen LogP contribution >= 0.6 is 0 Å². The van der Waals surface area contributed by atoms with E-state index in [0.717, 1.165) is 48.0 Å². The Labute approximate surface area is 151 Å². The molecule has 5 heteroatoms. The van der Waals surface area contributed by atoms with Crippen LogP contribution in [0, 0.1) is 5.82 Å². The molecule has 1 saturated carbocycles. The van der Waals surface area contributed by atoms with Gasteiger partial charge in [0.15, 0.2) is 0 Å². The summed E-state index contributed by atoms with van der Waals surface area (Å²) in [5.41, 5.74) is 3.64. The van der Waals surface area contributed by atoms with Crippen molar-refractivity contribution in [1.29, 1.82) is 0 Å². The van der Waals surface area contributed by atoms with Gasteiger partial charge in [-0.3, -0.25) is 4.79 Å². The minimum absolute atomic E-state index is 0.0758. The molecule has 2 heterocycles. The van der Waals surface area contributed by atoms with Crippen LogP contribution in [0.15, 0.2) is 42.7 Å². The second-order valence-corrected chi connectivity index (χ2v) is 7.57. The molecule has 0 saturated heterocycles. The fourth-order valence-electron chi connectivity index (χ4n) is 4.80. The van der Waals surface area contributed by atoms with Gasteiger partial charge in [0.25, 0.3) is 5.91 Å². The molecule has 3 aromatic rings. The molecule has 2 aliphatic rings. The van der Waals surface area contributed by atoms with Crippen molar-refractivity contribution in [3.8, 4) is 0 Å². The van der Waals surface area contributed by atoms with Crippen LogP contribution in [0.5, 0.6) is 0 Å². The average molecular weight is 349 g/mol. The van der Waals surface area contributed by atoms with Gasteiger partial charge in [-0.1, -0.05) is 18.9 Å². The fraction of sp³-hybridized carbons (Fsp3) is 0.333. The summed E-state index contributed by atoms with van der Waals surface area (Å²) < 4.78 is 16.6. The Hall–Kier alpha value is -2.69. The highest BCUT2D eigenvalue weighted by molar-refractivity contribution is 6.09. The van der Waals surface area contributed by atoms with Crippen molar-refractivity contribution < 1.29 is 9.18 Å². The molecule has 26 heavy (non-hydrogen) atoms. The number of rotatable bonds is 1. The Morgan fingerprint density at radius 3 is 2.81 bits per heavy atom. The molecule has 4 nitrogen and oxygen atoms in total. The summed E-state index contributed by atoms with van der Waals surface area (Å²) in [4.78, 5) is 19.4. The van der Waals surface area contributed by atoms with Crippen molar-refractivity contribution in [1.82, 2.24) is 9.55 Å². The van der Waals surface area contributed by atoms with Crippen LogP contribution < -0.4 is 4.90 Å². The highest BCUT2D eigenvalue weighted by Gasteiger charge is 2.48. The predicted octanol–water partition coefficient (Wildman–Crippen LogP) is 4.18. The standard InChI is InChI=1S/C21H20FN3O/c1-24-13-23-16-11-14(7-8-17(16)24)20(26)25-12-21(9-2-3-10-21)19-15(22)5-4-6-18(19)25/h4-8,11,13H,2-3,9-10,12H2,1H3. The topological polar surface area (TPSA) is 38.1 Å². The smallest absolute Gasteiger partial charge is 0.258 e. The van der Waals surface area contributed by atoms with Crippen molar-refractivity contribution in [2.45, 2.75) is 31.1 Å². The zero-order valence-corrected chi connectivity index (χ0v) is 14.7. The molecular formula is C21H20FN3O. The SMILES string of the molecule is Cn1cnc2cc(C(=O)N3CC4(CCCC4)c4c(F)cccc43)ccc21. The highest BCUT2D eigenvalue weighted by Crippen LogP contribution is 2.51. The first-order valence-corrected chi connectivity index (χ1v) is 9.11. The number of hydrogen-bond acceptors (Lipinski definition) is 2. The van der Waals surface area contributed by atoms with Gasteiger partial charge in [0.1, 0.15) is 5.82 Å². The van der Waals surface area contributed by atoms with Crippen LogP contribution in [-0.4, -0.2) is 22.0 Å². The largest absolute Gasteiger partial charge is 0.334 e. The Morgan fingerprint density at radius 1 is 1.19 bits per heavy atom. The number of carbonyl (C=O) groups is 1. The molecule has 0 unspecified atom stereocenters. The molecule has 1 aliphatic heterocycles. The van der Waals surface area contributed by atoms with Crippen LogP contribution in [-0.2, 0) is 12.5 Å². The summed E-state index contributed by atoms with van der Waals surface area (Å²) in [7, 11) is 1.93. The van der Waals surface area contributed by atoms with E-state index in [1.807, 2.05) is 35.9 Å². The van der Waals surface area contributed by atoms with Gasteiger partial charge in [-0.05, 0) is 43.2 Å². The first-order chi connectivity index (χ1) is 12.6. The van der Waals surface area contributed by atoms with E-state index >= 15 is 0 Å². The van der Waals surface area contributed by atoms with Crippen LogP contribution in [0.3, 0.4) is 0 Å². The summed E-state index contributed by atoms with van der Waals surface area (Å²) in [6.07, 6.45) is 5.83. The van der Waals surface area contributed by atoms with Gasteiger partial charge < -0.3 is 9.47 Å². The van der Waals surface area contributed by atoms with Crippen LogP contribution in [0.25, 0.3) is 11.0 Å².